The average molecular weight is 363 g/mol. The second kappa shape index (κ2) is 7.16. The number of pyridine rings is 1. The third kappa shape index (κ3) is 3.39. The number of para-hydroxylation sites is 1. The fourth-order valence-electron chi connectivity index (χ4n) is 3.00. The van der Waals surface area contributed by atoms with Gasteiger partial charge in [-0.3, -0.25) is 0 Å². The summed E-state index contributed by atoms with van der Waals surface area (Å²) in [6.07, 6.45) is 1.50. The first kappa shape index (κ1) is 17.2. The Morgan fingerprint density at radius 2 is 2.00 bits per heavy atom. The minimum absolute atomic E-state index is 0.418. The summed E-state index contributed by atoms with van der Waals surface area (Å²) in [6.45, 7) is 1.04. The molecular weight excluding hydrogens is 342 g/mol. The van der Waals surface area contributed by atoms with Gasteiger partial charge in [-0.15, -0.1) is 0 Å². The van der Waals surface area contributed by atoms with Crippen LogP contribution >= 0.6 is 0 Å². The van der Waals surface area contributed by atoms with E-state index >= 15 is 0 Å². The van der Waals surface area contributed by atoms with Gasteiger partial charge in [0.15, 0.2) is 0 Å². The van der Waals surface area contributed by atoms with Crippen molar-refractivity contribution in [1.82, 2.24) is 24.6 Å². The SMILES string of the molecule is COCc1cc(NCc2cc(N(C)C)nc3ccccc23)n2ncnc2n1. The summed E-state index contributed by atoms with van der Waals surface area (Å²) in [4.78, 5) is 15.4. The lowest BCUT2D eigenvalue weighted by Crippen LogP contribution is -2.13. The van der Waals surface area contributed by atoms with Crippen molar-refractivity contribution >= 4 is 28.3 Å². The molecule has 138 valence electrons. The van der Waals surface area contributed by atoms with E-state index in [2.05, 4.69) is 32.5 Å². The molecule has 0 bridgehead atoms. The summed E-state index contributed by atoms with van der Waals surface area (Å²) in [7, 11) is 5.63. The van der Waals surface area contributed by atoms with E-state index in [9.17, 15) is 0 Å². The summed E-state index contributed by atoms with van der Waals surface area (Å²) >= 11 is 0. The van der Waals surface area contributed by atoms with Gasteiger partial charge in [-0.25, -0.2) is 9.97 Å². The van der Waals surface area contributed by atoms with Crippen molar-refractivity contribution in [3.8, 4) is 0 Å². The minimum Gasteiger partial charge on any atom is -0.378 e. The van der Waals surface area contributed by atoms with Crippen LogP contribution in [0.3, 0.4) is 0 Å². The molecule has 4 aromatic rings. The number of methoxy groups -OCH3 is 1. The summed E-state index contributed by atoms with van der Waals surface area (Å²) in [5, 5.41) is 8.85. The highest BCUT2D eigenvalue weighted by molar-refractivity contribution is 5.84. The van der Waals surface area contributed by atoms with E-state index in [1.807, 2.05) is 43.3 Å². The van der Waals surface area contributed by atoms with E-state index in [0.717, 1.165) is 33.8 Å². The molecule has 8 nitrogen and oxygen atoms in total. The summed E-state index contributed by atoms with van der Waals surface area (Å²) in [5.41, 5.74) is 2.93. The second-order valence-electron chi connectivity index (χ2n) is 6.44. The Hall–Kier alpha value is -3.26. The third-order valence-corrected chi connectivity index (χ3v) is 4.30. The maximum Gasteiger partial charge on any atom is 0.254 e. The van der Waals surface area contributed by atoms with Crippen molar-refractivity contribution < 1.29 is 4.74 Å². The van der Waals surface area contributed by atoms with E-state index in [0.29, 0.717) is 18.9 Å². The Morgan fingerprint density at radius 1 is 1.15 bits per heavy atom. The lowest BCUT2D eigenvalue weighted by molar-refractivity contribution is 0.181. The molecule has 0 unspecified atom stereocenters. The molecule has 1 N–H and O–H groups in total. The highest BCUT2D eigenvalue weighted by atomic mass is 16.5. The first-order valence-corrected chi connectivity index (χ1v) is 8.64. The van der Waals surface area contributed by atoms with Gasteiger partial charge in [0.1, 0.15) is 18.0 Å². The monoisotopic (exact) mass is 363 g/mol. The molecule has 8 heteroatoms. The number of hydrogen-bond donors (Lipinski definition) is 1. The summed E-state index contributed by atoms with van der Waals surface area (Å²) in [5.74, 6) is 2.28. The lowest BCUT2D eigenvalue weighted by Gasteiger charge is -2.16. The quantitative estimate of drug-likeness (QED) is 0.564. The molecule has 0 fully saturated rings. The molecule has 27 heavy (non-hydrogen) atoms. The molecule has 0 amide bonds. The number of hydrogen-bond acceptors (Lipinski definition) is 7. The van der Waals surface area contributed by atoms with Crippen molar-refractivity contribution in [1.29, 1.82) is 0 Å². The van der Waals surface area contributed by atoms with Gasteiger partial charge in [-0.1, -0.05) is 18.2 Å². The zero-order chi connectivity index (χ0) is 18.8. The van der Waals surface area contributed by atoms with Crippen LogP contribution in [0.15, 0.2) is 42.7 Å². The Morgan fingerprint density at radius 3 is 2.81 bits per heavy atom. The summed E-state index contributed by atoms with van der Waals surface area (Å²) in [6, 6.07) is 12.2. The number of rotatable bonds is 6. The van der Waals surface area contributed by atoms with Crippen molar-refractivity contribution in [2.75, 3.05) is 31.4 Å². The fraction of sp³-hybridized carbons (Fsp3) is 0.263. The van der Waals surface area contributed by atoms with E-state index in [1.165, 1.54) is 6.33 Å². The van der Waals surface area contributed by atoms with Crippen LogP contribution in [0.2, 0.25) is 0 Å². The molecule has 0 aliphatic heterocycles. The molecule has 1 aromatic carbocycles. The van der Waals surface area contributed by atoms with Gasteiger partial charge in [-0.2, -0.15) is 14.6 Å². The molecule has 0 saturated heterocycles. The number of nitrogens with one attached hydrogen (secondary N) is 1. The van der Waals surface area contributed by atoms with Gasteiger partial charge in [0.2, 0.25) is 0 Å². The van der Waals surface area contributed by atoms with Crippen molar-refractivity contribution in [2.24, 2.45) is 0 Å². The van der Waals surface area contributed by atoms with Crippen LogP contribution in [0, 0.1) is 0 Å². The smallest absolute Gasteiger partial charge is 0.254 e. The van der Waals surface area contributed by atoms with Crippen molar-refractivity contribution in [3.05, 3.63) is 54.0 Å². The lowest BCUT2D eigenvalue weighted by atomic mass is 10.1. The first-order valence-electron chi connectivity index (χ1n) is 8.64. The molecule has 3 heterocycles. The van der Waals surface area contributed by atoms with E-state index in [1.54, 1.807) is 11.6 Å². The van der Waals surface area contributed by atoms with Crippen LogP contribution < -0.4 is 10.2 Å². The van der Waals surface area contributed by atoms with Gasteiger partial charge in [0.25, 0.3) is 5.78 Å². The van der Waals surface area contributed by atoms with Crippen LogP contribution in [-0.4, -0.2) is 45.8 Å². The normalized spacial score (nSPS) is 11.2. The molecule has 0 radical (unpaired) electrons. The maximum absolute atomic E-state index is 5.21. The topological polar surface area (TPSA) is 80.5 Å². The second-order valence-corrected chi connectivity index (χ2v) is 6.44. The number of ether oxygens (including phenoxy) is 1. The molecule has 3 aromatic heterocycles. The van der Waals surface area contributed by atoms with Crippen LogP contribution in [0.1, 0.15) is 11.3 Å². The largest absolute Gasteiger partial charge is 0.378 e. The van der Waals surface area contributed by atoms with E-state index < -0.39 is 0 Å². The highest BCUT2D eigenvalue weighted by Crippen LogP contribution is 2.23. The molecule has 4 rings (SSSR count). The van der Waals surface area contributed by atoms with Gasteiger partial charge in [-0.05, 0) is 17.7 Å². The van der Waals surface area contributed by atoms with Crippen LogP contribution in [0.5, 0.6) is 0 Å². The van der Waals surface area contributed by atoms with Gasteiger partial charge in [0.05, 0.1) is 17.8 Å². The Bertz CT molecular complexity index is 1090. The van der Waals surface area contributed by atoms with E-state index in [-0.39, 0.29) is 0 Å². The Kier molecular flexibility index (Phi) is 4.55. The predicted molar refractivity (Wildman–Crippen MR) is 105 cm³/mol. The Labute approximate surface area is 156 Å². The fourth-order valence-corrected chi connectivity index (χ4v) is 3.00. The average Bonchev–Trinajstić information content (AvgIpc) is 3.14. The van der Waals surface area contributed by atoms with Crippen LogP contribution in [0.4, 0.5) is 11.6 Å². The third-order valence-electron chi connectivity index (χ3n) is 4.30. The van der Waals surface area contributed by atoms with Crippen molar-refractivity contribution in [3.63, 3.8) is 0 Å². The van der Waals surface area contributed by atoms with Crippen LogP contribution in [0.25, 0.3) is 16.7 Å². The molecule has 0 saturated carbocycles. The number of aromatic nitrogens is 5. The Balaban J connectivity index is 1.71. The number of anilines is 2. The molecule has 0 spiro atoms. The first-order chi connectivity index (χ1) is 13.2. The molecular formula is C19H21N7O. The van der Waals surface area contributed by atoms with Gasteiger partial charge in [0, 0.05) is 39.2 Å². The standard InChI is InChI=1S/C19H21N7O/c1-25(2)18-8-13(15-6-4-5-7-16(15)24-18)10-20-17-9-14(11-27-3)23-19-21-12-22-26(17)19/h4-9,12,20H,10-11H2,1-3H3. The minimum atomic E-state index is 0.418. The summed E-state index contributed by atoms with van der Waals surface area (Å²) < 4.78 is 6.90. The molecule has 0 aliphatic rings. The zero-order valence-corrected chi connectivity index (χ0v) is 15.5. The number of nitrogens with zero attached hydrogens (tertiary/aromatic N) is 6. The number of fused-ring (bicyclic) bond motifs is 2. The molecule has 0 aliphatic carbocycles. The van der Waals surface area contributed by atoms with E-state index in [4.69, 9.17) is 9.72 Å². The maximum atomic E-state index is 5.21. The van der Waals surface area contributed by atoms with Crippen molar-refractivity contribution in [2.45, 2.75) is 13.2 Å². The van der Waals surface area contributed by atoms with Crippen LogP contribution in [-0.2, 0) is 17.9 Å². The zero-order valence-electron chi connectivity index (χ0n) is 15.5. The number of benzene rings is 1. The van der Waals surface area contributed by atoms with Gasteiger partial charge >= 0.3 is 0 Å². The molecule has 0 atom stereocenters. The highest BCUT2D eigenvalue weighted by Gasteiger charge is 2.10. The predicted octanol–water partition coefficient (Wildman–Crippen LogP) is 2.50. The van der Waals surface area contributed by atoms with Gasteiger partial charge < -0.3 is 15.0 Å².